The van der Waals surface area contributed by atoms with E-state index >= 15 is 0 Å². The summed E-state index contributed by atoms with van der Waals surface area (Å²) >= 11 is 0. The molecule has 9 atom stereocenters. The average Bonchev–Trinajstić information content (AvgIpc) is 3.04. The Balaban J connectivity index is 1.58. The van der Waals surface area contributed by atoms with Gasteiger partial charge in [0, 0.05) is 11.0 Å². The number of hydrogen-bond acceptors (Lipinski definition) is 6. The Kier molecular flexibility index (Phi) is 5.26. The molecule has 0 aromatic rings. The topological polar surface area (TPSA) is 85.2 Å². The van der Waals surface area contributed by atoms with Gasteiger partial charge in [0.2, 0.25) is 0 Å². The number of carbonyl (C=O) groups is 1. The summed E-state index contributed by atoms with van der Waals surface area (Å²) in [5.41, 5.74) is 3.76. The van der Waals surface area contributed by atoms with Crippen LogP contribution in [0.5, 0.6) is 0 Å². The van der Waals surface area contributed by atoms with Gasteiger partial charge in [-0.25, -0.2) is 0 Å². The summed E-state index contributed by atoms with van der Waals surface area (Å²) in [5, 5.41) is 20.5. The minimum Gasteiger partial charge on any atom is -0.388 e. The molecule has 172 valence electrons. The third-order valence-electron chi connectivity index (χ3n) is 8.99. The van der Waals surface area contributed by atoms with E-state index in [4.69, 9.17) is 14.2 Å². The number of aliphatic hydroxyl groups is 2. The van der Waals surface area contributed by atoms with Gasteiger partial charge in [-0.3, -0.25) is 4.79 Å². The molecule has 3 aliphatic carbocycles. The van der Waals surface area contributed by atoms with Gasteiger partial charge in [0.15, 0.2) is 6.29 Å². The van der Waals surface area contributed by atoms with Crippen molar-refractivity contribution in [2.75, 3.05) is 6.61 Å². The lowest BCUT2D eigenvalue weighted by atomic mass is 9.54. The van der Waals surface area contributed by atoms with E-state index in [9.17, 15) is 15.0 Å². The summed E-state index contributed by atoms with van der Waals surface area (Å²) in [5.74, 6) is 0.800. The van der Waals surface area contributed by atoms with E-state index in [0.717, 1.165) is 32.0 Å². The smallest absolute Gasteiger partial charge is 0.187 e. The van der Waals surface area contributed by atoms with Crippen LogP contribution in [0.1, 0.15) is 59.8 Å². The third-order valence-corrected chi connectivity index (χ3v) is 8.99. The van der Waals surface area contributed by atoms with E-state index in [0.29, 0.717) is 11.5 Å². The Morgan fingerprint density at radius 1 is 1.16 bits per heavy atom. The van der Waals surface area contributed by atoms with Crippen LogP contribution in [-0.4, -0.2) is 59.9 Å². The first kappa shape index (κ1) is 21.8. The number of rotatable bonds is 2. The first-order valence-corrected chi connectivity index (χ1v) is 11.9. The molecule has 1 unspecified atom stereocenters. The number of fused-ring (bicyclic) bond motifs is 6. The molecule has 1 saturated carbocycles. The summed E-state index contributed by atoms with van der Waals surface area (Å²) in [6.45, 7) is 9.30. The van der Waals surface area contributed by atoms with Crippen molar-refractivity contribution >= 4 is 6.29 Å². The predicted octanol–water partition coefficient (Wildman–Crippen LogP) is 2.92. The number of allylic oxidation sites excluding steroid dienone is 3. The molecule has 3 fully saturated rings. The van der Waals surface area contributed by atoms with E-state index in [2.05, 4.69) is 27.7 Å². The van der Waals surface area contributed by atoms with E-state index in [-0.39, 0.29) is 29.5 Å². The van der Waals surface area contributed by atoms with E-state index in [1.54, 1.807) is 11.1 Å². The molecular weight excluding hydrogens is 396 g/mol. The standard InChI is InChI=1S/C25H36O6/c1-13(2)15-7-8-24(3)9-10-25(4)16(18(15)24)6-5-14(11-26)20-22(25)31-23-21(30-20)19(28)17(27)12-29-23/h5,11,13,16-17,19-23,27-28H,6-10,12H2,1-4H3/t16-,17-,19+,20-,21-,22+,23?,24-,25-/m1/s1. The van der Waals surface area contributed by atoms with Crippen molar-refractivity contribution in [3.63, 3.8) is 0 Å². The van der Waals surface area contributed by atoms with Gasteiger partial charge in [0.25, 0.3) is 0 Å². The van der Waals surface area contributed by atoms with Crippen molar-refractivity contribution in [3.05, 3.63) is 22.8 Å². The summed E-state index contributed by atoms with van der Waals surface area (Å²) in [4.78, 5) is 12.1. The average molecular weight is 433 g/mol. The summed E-state index contributed by atoms with van der Waals surface area (Å²) < 4.78 is 18.6. The van der Waals surface area contributed by atoms with Crippen LogP contribution in [0.2, 0.25) is 0 Å². The van der Waals surface area contributed by atoms with E-state index in [1.807, 2.05) is 6.08 Å². The maximum absolute atomic E-state index is 12.1. The lowest BCUT2D eigenvalue weighted by Crippen LogP contribution is -2.65. The van der Waals surface area contributed by atoms with Crippen LogP contribution in [0.15, 0.2) is 22.8 Å². The van der Waals surface area contributed by atoms with Gasteiger partial charge in [-0.05, 0) is 49.4 Å². The quantitative estimate of drug-likeness (QED) is 0.516. The molecule has 0 amide bonds. The second-order valence-corrected chi connectivity index (χ2v) is 11.1. The fraction of sp³-hybridized carbons (Fsp3) is 0.800. The highest BCUT2D eigenvalue weighted by Gasteiger charge is 2.61. The van der Waals surface area contributed by atoms with Crippen molar-refractivity contribution in [1.82, 2.24) is 0 Å². The Morgan fingerprint density at radius 2 is 1.94 bits per heavy atom. The van der Waals surface area contributed by atoms with Crippen LogP contribution in [-0.2, 0) is 19.0 Å². The highest BCUT2D eigenvalue weighted by Crippen LogP contribution is 2.64. The molecule has 0 bridgehead atoms. The molecule has 0 aromatic heterocycles. The minimum absolute atomic E-state index is 0.0142. The van der Waals surface area contributed by atoms with Gasteiger partial charge >= 0.3 is 0 Å². The highest BCUT2D eigenvalue weighted by atomic mass is 16.7. The molecule has 2 N–H and O–H groups in total. The molecule has 31 heavy (non-hydrogen) atoms. The predicted molar refractivity (Wildman–Crippen MR) is 114 cm³/mol. The molecule has 2 saturated heterocycles. The maximum atomic E-state index is 12.1. The molecule has 5 rings (SSSR count). The minimum atomic E-state index is -1.10. The largest absolute Gasteiger partial charge is 0.388 e. The zero-order chi connectivity index (χ0) is 22.1. The fourth-order valence-corrected chi connectivity index (χ4v) is 7.07. The molecule has 5 aliphatic rings. The Hall–Kier alpha value is -1.05. The van der Waals surface area contributed by atoms with Gasteiger partial charge in [-0.1, -0.05) is 44.9 Å². The van der Waals surface area contributed by atoms with Gasteiger partial charge in [0.1, 0.15) is 30.7 Å². The number of aliphatic hydroxyl groups excluding tert-OH is 2. The molecule has 2 aliphatic heterocycles. The van der Waals surface area contributed by atoms with Crippen molar-refractivity contribution in [1.29, 1.82) is 0 Å². The molecule has 2 heterocycles. The second kappa shape index (κ2) is 7.49. The van der Waals surface area contributed by atoms with Crippen LogP contribution >= 0.6 is 0 Å². The third kappa shape index (κ3) is 3.13. The van der Waals surface area contributed by atoms with E-state index < -0.39 is 30.7 Å². The lowest BCUT2D eigenvalue weighted by molar-refractivity contribution is -0.358. The number of carbonyl (C=O) groups excluding carboxylic acids is 1. The lowest BCUT2D eigenvalue weighted by Gasteiger charge is -2.56. The zero-order valence-electron chi connectivity index (χ0n) is 19.0. The van der Waals surface area contributed by atoms with Crippen molar-refractivity contribution in [2.24, 2.45) is 22.7 Å². The number of hydrogen-bond donors (Lipinski definition) is 2. The van der Waals surface area contributed by atoms with Crippen LogP contribution < -0.4 is 0 Å². The van der Waals surface area contributed by atoms with Crippen molar-refractivity contribution in [2.45, 2.75) is 96.6 Å². The van der Waals surface area contributed by atoms with Crippen LogP contribution in [0, 0.1) is 22.7 Å². The molecule has 6 heteroatoms. The highest BCUT2D eigenvalue weighted by molar-refractivity contribution is 5.75. The van der Waals surface area contributed by atoms with Gasteiger partial charge in [-0.2, -0.15) is 0 Å². The van der Waals surface area contributed by atoms with Crippen LogP contribution in [0.25, 0.3) is 0 Å². The first-order chi connectivity index (χ1) is 14.7. The molecule has 0 aromatic carbocycles. The zero-order valence-corrected chi connectivity index (χ0v) is 19.0. The second-order valence-electron chi connectivity index (χ2n) is 11.1. The van der Waals surface area contributed by atoms with Gasteiger partial charge < -0.3 is 24.4 Å². The van der Waals surface area contributed by atoms with Crippen molar-refractivity contribution < 1.29 is 29.2 Å². The molecular formula is C25H36O6. The Morgan fingerprint density at radius 3 is 2.65 bits per heavy atom. The SMILES string of the molecule is CC(C)C1=C2[C@H]3CC=C(C=O)[C@H]4O[C@H]5C(OC[C@@H](O)[C@@H]5O)O[C@@H]4[C@]3(C)CC[C@@]2(C)CC1. The number of aldehydes is 1. The normalized spacial score (nSPS) is 49.5. The Bertz CT molecular complexity index is 817. The fourth-order valence-electron chi connectivity index (χ4n) is 7.07. The number of ether oxygens (including phenoxy) is 3. The summed E-state index contributed by atoms with van der Waals surface area (Å²) in [7, 11) is 0. The van der Waals surface area contributed by atoms with Crippen LogP contribution in [0.4, 0.5) is 0 Å². The van der Waals surface area contributed by atoms with Crippen molar-refractivity contribution in [3.8, 4) is 0 Å². The summed E-state index contributed by atoms with van der Waals surface area (Å²) in [6, 6.07) is 0. The molecule has 6 nitrogen and oxygen atoms in total. The van der Waals surface area contributed by atoms with E-state index in [1.165, 1.54) is 6.42 Å². The van der Waals surface area contributed by atoms with Gasteiger partial charge in [-0.15, -0.1) is 0 Å². The van der Waals surface area contributed by atoms with Gasteiger partial charge in [0.05, 0.1) is 12.7 Å². The molecule has 0 radical (unpaired) electrons. The monoisotopic (exact) mass is 432 g/mol. The Labute approximate surface area is 184 Å². The van der Waals surface area contributed by atoms with Crippen LogP contribution in [0.3, 0.4) is 0 Å². The first-order valence-electron chi connectivity index (χ1n) is 11.9. The molecule has 0 spiro atoms. The maximum Gasteiger partial charge on any atom is 0.187 e. The summed E-state index contributed by atoms with van der Waals surface area (Å²) in [6.07, 6.45) is 3.60.